The predicted molar refractivity (Wildman–Crippen MR) is 56.1 cm³/mol. The van der Waals surface area contributed by atoms with E-state index in [0.29, 0.717) is 0 Å². The van der Waals surface area contributed by atoms with Crippen molar-refractivity contribution in [2.45, 2.75) is 19.9 Å². The van der Waals surface area contributed by atoms with E-state index in [9.17, 15) is 0 Å². The third-order valence-corrected chi connectivity index (χ3v) is 2.76. The number of aromatic nitrogens is 2. The second kappa shape index (κ2) is 4.57. The van der Waals surface area contributed by atoms with Crippen LogP contribution in [0.25, 0.3) is 0 Å². The molecular weight excluding hydrogens is 176 g/mol. The van der Waals surface area contributed by atoms with Crippen molar-refractivity contribution in [1.82, 2.24) is 20.4 Å². The minimum atomic E-state index is 1.03. The first-order valence-electron chi connectivity index (χ1n) is 5.28. The van der Waals surface area contributed by atoms with Crippen LogP contribution >= 0.6 is 0 Å². The zero-order valence-corrected chi connectivity index (χ0v) is 8.71. The van der Waals surface area contributed by atoms with Crippen LogP contribution in [0.4, 0.5) is 0 Å². The molecule has 0 saturated carbocycles. The molecule has 2 N–H and O–H groups in total. The maximum absolute atomic E-state index is 4.04. The third-order valence-electron chi connectivity index (χ3n) is 2.76. The van der Waals surface area contributed by atoms with Gasteiger partial charge in [-0.15, -0.1) is 0 Å². The van der Waals surface area contributed by atoms with E-state index in [1.165, 1.54) is 24.2 Å². The first-order valence-corrected chi connectivity index (χ1v) is 5.28. The van der Waals surface area contributed by atoms with E-state index in [1.807, 2.05) is 6.20 Å². The van der Waals surface area contributed by atoms with Crippen molar-refractivity contribution in [3.8, 4) is 0 Å². The van der Waals surface area contributed by atoms with Crippen LogP contribution in [0, 0.1) is 6.92 Å². The van der Waals surface area contributed by atoms with E-state index in [1.54, 1.807) is 0 Å². The maximum atomic E-state index is 4.04. The van der Waals surface area contributed by atoms with Crippen LogP contribution in [0.15, 0.2) is 6.20 Å². The van der Waals surface area contributed by atoms with Gasteiger partial charge in [0.2, 0.25) is 0 Å². The first-order chi connectivity index (χ1) is 6.86. The summed E-state index contributed by atoms with van der Waals surface area (Å²) in [6.07, 6.45) is 3.19. The van der Waals surface area contributed by atoms with Gasteiger partial charge in [-0.3, -0.25) is 10.00 Å². The number of aryl methyl sites for hydroxylation is 1. The normalized spacial score (nSPS) is 19.5. The fraction of sp³-hybridized carbons (Fsp3) is 0.700. The quantitative estimate of drug-likeness (QED) is 0.721. The molecule has 4 nitrogen and oxygen atoms in total. The Balaban J connectivity index is 1.92. The van der Waals surface area contributed by atoms with Gasteiger partial charge in [0.05, 0.1) is 6.20 Å². The van der Waals surface area contributed by atoms with E-state index in [2.05, 4.69) is 27.3 Å². The molecule has 0 bridgehead atoms. The lowest BCUT2D eigenvalue weighted by molar-refractivity contribution is 0.284. The Hall–Kier alpha value is -0.870. The molecule has 1 aromatic rings. The molecule has 0 radical (unpaired) electrons. The molecule has 1 aliphatic rings. The van der Waals surface area contributed by atoms with E-state index in [0.717, 1.165) is 26.2 Å². The van der Waals surface area contributed by atoms with Crippen molar-refractivity contribution < 1.29 is 0 Å². The molecule has 1 fully saturated rings. The van der Waals surface area contributed by atoms with Crippen LogP contribution in [0.2, 0.25) is 0 Å². The standard InChI is InChI=1S/C10H18N4/c1-9-10(7-12-13-9)8-14-5-2-3-11-4-6-14/h7,11H,2-6,8H2,1H3,(H,12,13). The van der Waals surface area contributed by atoms with Gasteiger partial charge < -0.3 is 5.32 Å². The van der Waals surface area contributed by atoms with Gasteiger partial charge in [-0.05, 0) is 26.4 Å². The number of rotatable bonds is 2. The number of hydrogen-bond donors (Lipinski definition) is 2. The van der Waals surface area contributed by atoms with Crippen molar-refractivity contribution >= 4 is 0 Å². The molecule has 1 aliphatic heterocycles. The maximum Gasteiger partial charge on any atom is 0.0535 e. The summed E-state index contributed by atoms with van der Waals surface area (Å²) in [4.78, 5) is 2.48. The Kier molecular flexibility index (Phi) is 3.16. The van der Waals surface area contributed by atoms with E-state index in [4.69, 9.17) is 0 Å². The molecule has 0 atom stereocenters. The molecule has 0 spiro atoms. The van der Waals surface area contributed by atoms with Crippen LogP contribution in [0.5, 0.6) is 0 Å². The second-order valence-corrected chi connectivity index (χ2v) is 3.90. The van der Waals surface area contributed by atoms with E-state index < -0.39 is 0 Å². The summed E-state index contributed by atoms with van der Waals surface area (Å²) < 4.78 is 0. The molecule has 1 saturated heterocycles. The Labute approximate surface area is 84.7 Å². The fourth-order valence-electron chi connectivity index (χ4n) is 1.84. The minimum absolute atomic E-state index is 1.03. The predicted octanol–water partition coefficient (Wildman–Crippen LogP) is 0.513. The Bertz CT molecular complexity index is 273. The lowest BCUT2D eigenvalue weighted by Crippen LogP contribution is -2.27. The molecular formula is C10H18N4. The molecule has 2 heterocycles. The van der Waals surface area contributed by atoms with Gasteiger partial charge in [0.15, 0.2) is 0 Å². The number of aromatic amines is 1. The van der Waals surface area contributed by atoms with Crippen LogP contribution in [0.3, 0.4) is 0 Å². The topological polar surface area (TPSA) is 44.0 Å². The summed E-state index contributed by atoms with van der Waals surface area (Å²) >= 11 is 0. The van der Waals surface area contributed by atoms with Gasteiger partial charge in [0.25, 0.3) is 0 Å². The van der Waals surface area contributed by atoms with Crippen molar-refractivity contribution in [2.75, 3.05) is 26.2 Å². The van der Waals surface area contributed by atoms with Gasteiger partial charge >= 0.3 is 0 Å². The number of H-pyrrole nitrogens is 1. The summed E-state index contributed by atoms with van der Waals surface area (Å²) in [6, 6.07) is 0. The summed E-state index contributed by atoms with van der Waals surface area (Å²) in [5.41, 5.74) is 2.52. The molecule has 2 rings (SSSR count). The van der Waals surface area contributed by atoms with Gasteiger partial charge in [0, 0.05) is 30.9 Å². The van der Waals surface area contributed by atoms with Crippen molar-refractivity contribution in [1.29, 1.82) is 0 Å². The molecule has 4 heteroatoms. The summed E-state index contributed by atoms with van der Waals surface area (Å²) in [6.45, 7) is 7.71. The Morgan fingerprint density at radius 2 is 2.36 bits per heavy atom. The average Bonchev–Trinajstić information content (AvgIpc) is 2.44. The number of nitrogens with zero attached hydrogens (tertiary/aromatic N) is 2. The molecule has 0 aliphatic carbocycles. The monoisotopic (exact) mass is 194 g/mol. The van der Waals surface area contributed by atoms with Crippen molar-refractivity contribution in [3.05, 3.63) is 17.5 Å². The second-order valence-electron chi connectivity index (χ2n) is 3.90. The SMILES string of the molecule is Cc1[nH]ncc1CN1CCCNCC1. The molecule has 78 valence electrons. The van der Waals surface area contributed by atoms with E-state index in [-0.39, 0.29) is 0 Å². The van der Waals surface area contributed by atoms with Crippen molar-refractivity contribution in [2.24, 2.45) is 0 Å². The smallest absolute Gasteiger partial charge is 0.0535 e. The lowest BCUT2D eigenvalue weighted by Gasteiger charge is -2.18. The summed E-state index contributed by atoms with van der Waals surface area (Å²) in [5.74, 6) is 0. The first kappa shape index (κ1) is 9.68. The van der Waals surface area contributed by atoms with Crippen molar-refractivity contribution in [3.63, 3.8) is 0 Å². The van der Waals surface area contributed by atoms with Gasteiger partial charge in [-0.25, -0.2) is 0 Å². The minimum Gasteiger partial charge on any atom is -0.315 e. The highest BCUT2D eigenvalue weighted by atomic mass is 15.2. The van der Waals surface area contributed by atoms with Crippen LogP contribution in [-0.2, 0) is 6.54 Å². The van der Waals surface area contributed by atoms with E-state index >= 15 is 0 Å². The molecule has 0 amide bonds. The number of nitrogens with one attached hydrogen (secondary N) is 2. The Morgan fingerprint density at radius 1 is 1.43 bits per heavy atom. The highest BCUT2D eigenvalue weighted by Gasteiger charge is 2.10. The summed E-state index contributed by atoms with van der Waals surface area (Å²) in [5, 5.41) is 10.4. The molecule has 0 aromatic carbocycles. The summed E-state index contributed by atoms with van der Waals surface area (Å²) in [7, 11) is 0. The average molecular weight is 194 g/mol. The molecule has 1 aromatic heterocycles. The van der Waals surface area contributed by atoms with Crippen LogP contribution in [0.1, 0.15) is 17.7 Å². The third kappa shape index (κ3) is 2.33. The van der Waals surface area contributed by atoms with Crippen LogP contribution < -0.4 is 5.32 Å². The largest absolute Gasteiger partial charge is 0.315 e. The van der Waals surface area contributed by atoms with Crippen LogP contribution in [-0.4, -0.2) is 41.3 Å². The lowest BCUT2D eigenvalue weighted by atomic mass is 10.2. The zero-order valence-electron chi connectivity index (χ0n) is 8.71. The van der Waals surface area contributed by atoms with Gasteiger partial charge in [-0.1, -0.05) is 0 Å². The Morgan fingerprint density at radius 3 is 3.14 bits per heavy atom. The van der Waals surface area contributed by atoms with Gasteiger partial charge in [0.1, 0.15) is 0 Å². The highest BCUT2D eigenvalue weighted by molar-refractivity contribution is 5.13. The fourth-order valence-corrected chi connectivity index (χ4v) is 1.84. The van der Waals surface area contributed by atoms with Gasteiger partial charge in [-0.2, -0.15) is 5.10 Å². The number of hydrogen-bond acceptors (Lipinski definition) is 3. The molecule has 0 unspecified atom stereocenters. The molecule has 14 heavy (non-hydrogen) atoms. The zero-order chi connectivity index (χ0) is 9.80. The highest BCUT2D eigenvalue weighted by Crippen LogP contribution is 2.08.